The van der Waals surface area contributed by atoms with Gasteiger partial charge in [0, 0.05) is 24.2 Å². The number of carbonyl (C=O) groups is 1. The highest BCUT2D eigenvalue weighted by atomic mass is 19.1. The first-order valence-corrected chi connectivity index (χ1v) is 9.50. The van der Waals surface area contributed by atoms with Gasteiger partial charge in [0.2, 0.25) is 0 Å². The van der Waals surface area contributed by atoms with E-state index in [1.54, 1.807) is 18.2 Å². The Labute approximate surface area is 171 Å². The van der Waals surface area contributed by atoms with Crippen molar-refractivity contribution in [3.63, 3.8) is 0 Å². The highest BCUT2D eigenvalue weighted by Gasteiger charge is 2.17. The highest BCUT2D eigenvalue weighted by molar-refractivity contribution is 6.32. The second-order valence-electron chi connectivity index (χ2n) is 7.07. The first-order valence-electron chi connectivity index (χ1n) is 9.50. The largest absolute Gasteiger partial charge is 0.298 e. The van der Waals surface area contributed by atoms with Crippen LogP contribution in [0.5, 0.6) is 0 Å². The van der Waals surface area contributed by atoms with Crippen molar-refractivity contribution in [3.05, 3.63) is 120 Å². The van der Waals surface area contributed by atoms with Gasteiger partial charge in [-0.05, 0) is 41.9 Å². The molecule has 146 valence electrons. The minimum atomic E-state index is -0.333. The first kappa shape index (κ1) is 20.4. The lowest BCUT2D eigenvalue weighted by atomic mass is 9.95. The molecule has 0 atom stereocenters. The van der Waals surface area contributed by atoms with E-state index in [0.717, 1.165) is 12.1 Å². The minimum absolute atomic E-state index is 0.139. The number of nitrogens with zero attached hydrogens (tertiary/aromatic N) is 1. The van der Waals surface area contributed by atoms with Crippen LogP contribution in [0.1, 0.15) is 16.7 Å². The predicted molar refractivity (Wildman–Crippen MR) is 118 cm³/mol. The summed E-state index contributed by atoms with van der Waals surface area (Å²) >= 11 is 0. The van der Waals surface area contributed by atoms with Crippen molar-refractivity contribution in [2.75, 3.05) is 13.6 Å². The van der Waals surface area contributed by atoms with Gasteiger partial charge in [-0.1, -0.05) is 79.4 Å². The third-order valence-corrected chi connectivity index (χ3v) is 4.57. The van der Waals surface area contributed by atoms with E-state index in [9.17, 15) is 9.18 Å². The van der Waals surface area contributed by atoms with Gasteiger partial charge in [0.15, 0.2) is 5.78 Å². The molecule has 0 spiro atoms. The lowest BCUT2D eigenvalue weighted by molar-refractivity contribution is -0.110. The molecule has 3 rings (SSSR count). The lowest BCUT2D eigenvalue weighted by Gasteiger charge is -2.18. The highest BCUT2D eigenvalue weighted by Crippen LogP contribution is 2.23. The molecule has 2 nitrogen and oxygen atoms in total. The molecule has 3 aromatic carbocycles. The molecule has 0 N–H and O–H groups in total. The summed E-state index contributed by atoms with van der Waals surface area (Å²) in [5.41, 5.74) is 3.61. The molecule has 0 aliphatic carbocycles. The molecule has 0 aliphatic rings. The van der Waals surface area contributed by atoms with E-state index in [-0.39, 0.29) is 11.6 Å². The van der Waals surface area contributed by atoms with Crippen LogP contribution in [0.2, 0.25) is 0 Å². The fourth-order valence-electron chi connectivity index (χ4n) is 3.20. The van der Waals surface area contributed by atoms with E-state index in [1.807, 2.05) is 55.6 Å². The molecular weight excluding hydrogens is 361 g/mol. The molecule has 3 aromatic rings. The SMILES string of the molecule is C=C(CN(C)Cc1ccccc1)C(=O)/C(=C/c1cccc(F)c1)c1ccccc1. The maximum Gasteiger partial charge on any atom is 0.190 e. The molecule has 0 aliphatic heterocycles. The van der Waals surface area contributed by atoms with Crippen molar-refractivity contribution < 1.29 is 9.18 Å². The van der Waals surface area contributed by atoms with Gasteiger partial charge in [0.25, 0.3) is 0 Å². The average Bonchev–Trinajstić information content (AvgIpc) is 2.73. The van der Waals surface area contributed by atoms with Gasteiger partial charge in [-0.2, -0.15) is 0 Å². The fourth-order valence-corrected chi connectivity index (χ4v) is 3.20. The predicted octanol–water partition coefficient (Wildman–Crippen LogP) is 5.62. The number of rotatable bonds is 8. The van der Waals surface area contributed by atoms with Crippen molar-refractivity contribution in [3.8, 4) is 0 Å². The number of benzene rings is 3. The Kier molecular flexibility index (Phi) is 6.88. The summed E-state index contributed by atoms with van der Waals surface area (Å²) in [6.07, 6.45) is 1.73. The van der Waals surface area contributed by atoms with E-state index in [0.29, 0.717) is 23.3 Å². The standard InChI is InChI=1S/C26H24FNO/c1-20(18-28(2)19-21-10-5-3-6-11-21)26(29)25(23-13-7-4-8-14-23)17-22-12-9-15-24(27)16-22/h3-17H,1,18-19H2,2H3/b25-17+. The molecular formula is C26H24FNO. The second kappa shape index (κ2) is 9.76. The smallest absolute Gasteiger partial charge is 0.190 e. The number of carbonyl (C=O) groups excluding carboxylic acids is 1. The monoisotopic (exact) mass is 385 g/mol. The lowest BCUT2D eigenvalue weighted by Crippen LogP contribution is -2.23. The van der Waals surface area contributed by atoms with E-state index >= 15 is 0 Å². The molecule has 0 fully saturated rings. The third kappa shape index (κ3) is 5.84. The van der Waals surface area contributed by atoms with E-state index < -0.39 is 0 Å². The van der Waals surface area contributed by atoms with Crippen LogP contribution in [-0.2, 0) is 11.3 Å². The van der Waals surface area contributed by atoms with Gasteiger partial charge >= 0.3 is 0 Å². The van der Waals surface area contributed by atoms with Crippen LogP contribution in [0, 0.1) is 5.82 Å². The van der Waals surface area contributed by atoms with E-state index in [1.165, 1.54) is 17.7 Å². The molecule has 0 heterocycles. The van der Waals surface area contributed by atoms with Crippen molar-refractivity contribution in [2.24, 2.45) is 0 Å². The Hall–Kier alpha value is -3.30. The number of allylic oxidation sites excluding steroid dienone is 1. The van der Waals surface area contributed by atoms with Gasteiger partial charge in [0.1, 0.15) is 5.82 Å². The zero-order valence-electron chi connectivity index (χ0n) is 16.5. The van der Waals surface area contributed by atoms with Crippen LogP contribution < -0.4 is 0 Å². The first-order chi connectivity index (χ1) is 14.0. The Balaban J connectivity index is 1.81. The fraction of sp³-hybridized carbons (Fsp3) is 0.115. The number of likely N-dealkylation sites (N-methyl/N-ethyl adjacent to an activating group) is 1. The molecule has 0 bridgehead atoms. The normalized spacial score (nSPS) is 11.5. The quantitative estimate of drug-likeness (QED) is 0.370. The number of Topliss-reactive ketones (excluding diaryl/α,β-unsaturated/α-hetero) is 1. The van der Waals surface area contributed by atoms with Crippen LogP contribution in [0.25, 0.3) is 11.6 Å². The maximum absolute atomic E-state index is 13.6. The van der Waals surface area contributed by atoms with Crippen LogP contribution in [0.3, 0.4) is 0 Å². The van der Waals surface area contributed by atoms with E-state index in [4.69, 9.17) is 0 Å². The van der Waals surface area contributed by atoms with Crippen molar-refractivity contribution >= 4 is 17.4 Å². The van der Waals surface area contributed by atoms with Gasteiger partial charge in [0.05, 0.1) is 0 Å². The van der Waals surface area contributed by atoms with Crippen molar-refractivity contribution in [2.45, 2.75) is 6.54 Å². The van der Waals surface area contributed by atoms with Crippen LogP contribution in [-0.4, -0.2) is 24.3 Å². The number of halogens is 1. The summed E-state index contributed by atoms with van der Waals surface area (Å²) < 4.78 is 13.6. The topological polar surface area (TPSA) is 20.3 Å². The average molecular weight is 385 g/mol. The number of ketones is 1. The van der Waals surface area contributed by atoms with Crippen LogP contribution in [0.4, 0.5) is 4.39 Å². The Morgan fingerprint density at radius 1 is 0.966 bits per heavy atom. The van der Waals surface area contributed by atoms with Gasteiger partial charge in [-0.3, -0.25) is 9.69 Å². The van der Waals surface area contributed by atoms with Crippen molar-refractivity contribution in [1.82, 2.24) is 4.90 Å². The van der Waals surface area contributed by atoms with Crippen LogP contribution in [0.15, 0.2) is 97.1 Å². The molecule has 3 heteroatoms. The zero-order valence-corrected chi connectivity index (χ0v) is 16.5. The second-order valence-corrected chi connectivity index (χ2v) is 7.07. The Morgan fingerprint density at radius 3 is 2.28 bits per heavy atom. The summed E-state index contributed by atoms with van der Waals surface area (Å²) in [4.78, 5) is 15.3. The summed E-state index contributed by atoms with van der Waals surface area (Å²) in [5.74, 6) is -0.472. The summed E-state index contributed by atoms with van der Waals surface area (Å²) in [6, 6.07) is 25.7. The van der Waals surface area contributed by atoms with Gasteiger partial charge in [-0.15, -0.1) is 0 Å². The van der Waals surface area contributed by atoms with Gasteiger partial charge in [-0.25, -0.2) is 4.39 Å². The molecule has 0 radical (unpaired) electrons. The number of hydrogen-bond acceptors (Lipinski definition) is 2. The molecule has 0 aromatic heterocycles. The molecule has 0 saturated heterocycles. The third-order valence-electron chi connectivity index (χ3n) is 4.57. The molecule has 0 amide bonds. The van der Waals surface area contributed by atoms with Crippen LogP contribution >= 0.6 is 0 Å². The zero-order chi connectivity index (χ0) is 20.6. The summed E-state index contributed by atoms with van der Waals surface area (Å²) in [5, 5.41) is 0. The number of hydrogen-bond donors (Lipinski definition) is 0. The summed E-state index contributed by atoms with van der Waals surface area (Å²) in [7, 11) is 1.96. The Bertz CT molecular complexity index is 1010. The summed E-state index contributed by atoms with van der Waals surface area (Å²) in [6.45, 7) is 5.20. The van der Waals surface area contributed by atoms with Gasteiger partial charge < -0.3 is 0 Å². The van der Waals surface area contributed by atoms with Crippen molar-refractivity contribution in [1.29, 1.82) is 0 Å². The molecule has 0 saturated carbocycles. The molecule has 29 heavy (non-hydrogen) atoms. The minimum Gasteiger partial charge on any atom is -0.298 e. The van der Waals surface area contributed by atoms with E-state index in [2.05, 4.69) is 23.6 Å². The maximum atomic E-state index is 13.6. The Morgan fingerprint density at radius 2 is 1.62 bits per heavy atom. The molecule has 0 unspecified atom stereocenters.